The van der Waals surface area contributed by atoms with Gasteiger partial charge < -0.3 is 9.42 Å². The fourth-order valence-corrected chi connectivity index (χ4v) is 4.73. The molecule has 5 rings (SSSR count). The van der Waals surface area contributed by atoms with Crippen LogP contribution in [0, 0.1) is 11.6 Å². The molecule has 0 unspecified atom stereocenters. The minimum Gasteiger partial charge on any atom is -0.339 e. The molecular weight excluding hydrogens is 402 g/mol. The van der Waals surface area contributed by atoms with Crippen molar-refractivity contribution in [3.8, 4) is 0 Å². The molecule has 2 fully saturated rings. The molecule has 1 aliphatic carbocycles. The Morgan fingerprint density at radius 1 is 1.10 bits per heavy atom. The largest absolute Gasteiger partial charge is 0.339 e. The maximum absolute atomic E-state index is 14.2. The van der Waals surface area contributed by atoms with Crippen LogP contribution in [0.1, 0.15) is 71.1 Å². The summed E-state index contributed by atoms with van der Waals surface area (Å²) in [5, 5.41) is 4.21. The highest BCUT2D eigenvalue weighted by atomic mass is 19.1. The number of amides is 1. The highest BCUT2D eigenvalue weighted by Crippen LogP contribution is 2.40. The fourth-order valence-electron chi connectivity index (χ4n) is 4.73. The Morgan fingerprint density at radius 3 is 2.68 bits per heavy atom. The molecule has 1 amide bonds. The van der Waals surface area contributed by atoms with Gasteiger partial charge in [-0.15, -0.1) is 0 Å². The Morgan fingerprint density at radius 2 is 1.90 bits per heavy atom. The molecule has 0 bridgehead atoms. The zero-order valence-corrected chi connectivity index (χ0v) is 16.9. The Hall–Kier alpha value is -3.16. The molecule has 1 saturated carbocycles. The lowest BCUT2D eigenvalue weighted by Crippen LogP contribution is -2.29. The number of benzene rings is 1. The molecule has 3 aromatic rings. The van der Waals surface area contributed by atoms with Crippen LogP contribution >= 0.6 is 0 Å². The maximum Gasteiger partial charge on any atom is 0.256 e. The van der Waals surface area contributed by atoms with Gasteiger partial charge in [-0.25, -0.2) is 8.78 Å². The third-order valence-corrected chi connectivity index (χ3v) is 6.37. The van der Waals surface area contributed by atoms with Crippen molar-refractivity contribution in [2.45, 2.75) is 43.4 Å². The number of nitrogens with zero attached hydrogens (tertiary/aromatic N) is 4. The number of pyridine rings is 1. The first-order valence-corrected chi connectivity index (χ1v) is 10.6. The highest BCUT2D eigenvalue weighted by molar-refractivity contribution is 5.94. The van der Waals surface area contributed by atoms with Crippen molar-refractivity contribution < 1.29 is 18.1 Å². The minimum atomic E-state index is -0.742. The van der Waals surface area contributed by atoms with Gasteiger partial charge in [0.05, 0.1) is 11.5 Å². The van der Waals surface area contributed by atoms with Gasteiger partial charge in [0, 0.05) is 37.3 Å². The molecule has 8 heteroatoms. The van der Waals surface area contributed by atoms with Crippen LogP contribution in [0.4, 0.5) is 8.78 Å². The van der Waals surface area contributed by atoms with Crippen molar-refractivity contribution in [1.82, 2.24) is 20.0 Å². The van der Waals surface area contributed by atoms with Gasteiger partial charge in [-0.1, -0.05) is 24.1 Å². The number of aromatic nitrogens is 3. The molecule has 1 aliphatic heterocycles. The normalized spacial score (nSPS) is 21.7. The van der Waals surface area contributed by atoms with Gasteiger partial charge in [-0.3, -0.25) is 9.78 Å². The predicted octanol–water partition coefficient (Wildman–Crippen LogP) is 4.42. The zero-order valence-electron chi connectivity index (χ0n) is 16.9. The monoisotopic (exact) mass is 424 g/mol. The van der Waals surface area contributed by atoms with E-state index in [9.17, 15) is 13.6 Å². The minimum absolute atomic E-state index is 0.133. The Labute approximate surface area is 178 Å². The topological polar surface area (TPSA) is 72.1 Å². The predicted molar refractivity (Wildman–Crippen MR) is 107 cm³/mol. The molecule has 0 spiro atoms. The summed E-state index contributed by atoms with van der Waals surface area (Å²) in [5.41, 5.74) is 0.658. The van der Waals surface area contributed by atoms with E-state index in [0.29, 0.717) is 18.4 Å². The second-order valence-corrected chi connectivity index (χ2v) is 8.31. The summed E-state index contributed by atoms with van der Waals surface area (Å²) in [6.07, 6.45) is 7.87. The lowest BCUT2D eigenvalue weighted by atomic mass is 9.90. The first-order valence-electron chi connectivity index (χ1n) is 10.6. The Bertz CT molecular complexity index is 1080. The summed E-state index contributed by atoms with van der Waals surface area (Å²) in [4.78, 5) is 23.4. The summed E-state index contributed by atoms with van der Waals surface area (Å²) in [6.45, 7) is 0.604. The van der Waals surface area contributed by atoms with Gasteiger partial charge in [0.2, 0.25) is 5.89 Å². The van der Waals surface area contributed by atoms with E-state index in [2.05, 4.69) is 15.1 Å². The van der Waals surface area contributed by atoms with Crippen LogP contribution < -0.4 is 0 Å². The molecular formula is C23H22F2N4O2. The molecule has 2 aromatic heterocycles. The molecule has 2 atom stereocenters. The third-order valence-electron chi connectivity index (χ3n) is 6.37. The smallest absolute Gasteiger partial charge is 0.256 e. The van der Waals surface area contributed by atoms with Gasteiger partial charge in [0.1, 0.15) is 11.6 Å². The lowest BCUT2D eigenvalue weighted by molar-refractivity contribution is 0.0783. The molecule has 1 aromatic carbocycles. The summed E-state index contributed by atoms with van der Waals surface area (Å²) in [7, 11) is 0. The van der Waals surface area contributed by atoms with Gasteiger partial charge in [0.25, 0.3) is 5.91 Å². The summed E-state index contributed by atoms with van der Waals surface area (Å²) in [5.74, 6) is -0.807. The van der Waals surface area contributed by atoms with Gasteiger partial charge in [-0.05, 0) is 42.7 Å². The third kappa shape index (κ3) is 3.82. The molecule has 6 nitrogen and oxygen atoms in total. The van der Waals surface area contributed by atoms with Crippen LogP contribution in [0.3, 0.4) is 0 Å². The van der Waals surface area contributed by atoms with E-state index in [1.165, 1.54) is 4.90 Å². The Kier molecular flexibility index (Phi) is 5.21. The van der Waals surface area contributed by atoms with Crippen LogP contribution in [0.5, 0.6) is 0 Å². The van der Waals surface area contributed by atoms with Crippen LogP contribution in [0.2, 0.25) is 0 Å². The SMILES string of the molecule is O=C(c1cc(F)ccc1F)N1C[C@@H](c2cccnc2)[C@H](c2nc(C3CCCC3)no2)C1. The molecule has 160 valence electrons. The Balaban J connectivity index is 1.45. The van der Waals surface area contributed by atoms with E-state index in [-0.39, 0.29) is 23.9 Å². The van der Waals surface area contributed by atoms with Crippen molar-refractivity contribution in [2.75, 3.05) is 13.1 Å². The first kappa shape index (κ1) is 19.8. The number of halogens is 2. The van der Waals surface area contributed by atoms with Crippen LogP contribution in [-0.4, -0.2) is 39.0 Å². The average Bonchev–Trinajstić information content (AvgIpc) is 3.54. The fraction of sp³-hybridized carbons (Fsp3) is 0.391. The number of likely N-dealkylation sites (tertiary alicyclic amines) is 1. The molecule has 0 N–H and O–H groups in total. The van der Waals surface area contributed by atoms with E-state index in [0.717, 1.165) is 55.3 Å². The van der Waals surface area contributed by atoms with E-state index < -0.39 is 17.5 Å². The van der Waals surface area contributed by atoms with E-state index in [4.69, 9.17) is 4.52 Å². The summed E-state index contributed by atoms with van der Waals surface area (Å²) in [6, 6.07) is 6.69. The van der Waals surface area contributed by atoms with Crippen molar-refractivity contribution in [2.24, 2.45) is 0 Å². The van der Waals surface area contributed by atoms with Crippen LogP contribution in [0.15, 0.2) is 47.2 Å². The summed E-state index contributed by atoms with van der Waals surface area (Å²) >= 11 is 0. The van der Waals surface area contributed by atoms with Crippen molar-refractivity contribution in [1.29, 1.82) is 0 Å². The number of carbonyl (C=O) groups excluding carboxylic acids is 1. The molecule has 31 heavy (non-hydrogen) atoms. The zero-order chi connectivity index (χ0) is 21.4. The highest BCUT2D eigenvalue weighted by Gasteiger charge is 2.41. The second kappa shape index (κ2) is 8.17. The van der Waals surface area contributed by atoms with Crippen LogP contribution in [0.25, 0.3) is 0 Å². The standard InChI is InChI=1S/C23H22F2N4O2/c24-16-7-8-20(25)17(10-16)23(30)29-12-18(15-6-3-9-26-11-15)19(13-29)22-27-21(28-31-22)14-4-1-2-5-14/h3,6-11,14,18-19H,1-2,4-5,12-13H2/t18-,19+/m0/s1. The first-order chi connectivity index (χ1) is 15.1. The van der Waals surface area contributed by atoms with Crippen LogP contribution in [-0.2, 0) is 0 Å². The molecule has 0 radical (unpaired) electrons. The average molecular weight is 424 g/mol. The summed E-state index contributed by atoms with van der Waals surface area (Å²) < 4.78 is 33.5. The van der Waals surface area contributed by atoms with E-state index >= 15 is 0 Å². The second-order valence-electron chi connectivity index (χ2n) is 8.31. The van der Waals surface area contributed by atoms with Crippen molar-refractivity contribution >= 4 is 5.91 Å². The number of hydrogen-bond acceptors (Lipinski definition) is 5. The number of rotatable bonds is 4. The van der Waals surface area contributed by atoms with Gasteiger partial charge >= 0.3 is 0 Å². The van der Waals surface area contributed by atoms with Gasteiger partial charge in [0.15, 0.2) is 5.82 Å². The number of carbonyl (C=O) groups is 1. The van der Waals surface area contributed by atoms with Crippen molar-refractivity contribution in [3.05, 3.63) is 77.2 Å². The quantitative estimate of drug-likeness (QED) is 0.620. The molecule has 3 heterocycles. The lowest BCUT2D eigenvalue weighted by Gasteiger charge is -2.17. The van der Waals surface area contributed by atoms with E-state index in [1.807, 2.05) is 12.1 Å². The maximum atomic E-state index is 14.2. The van der Waals surface area contributed by atoms with Crippen molar-refractivity contribution in [3.63, 3.8) is 0 Å². The van der Waals surface area contributed by atoms with Gasteiger partial charge in [-0.2, -0.15) is 4.98 Å². The van der Waals surface area contributed by atoms with E-state index in [1.54, 1.807) is 12.4 Å². The number of hydrogen-bond donors (Lipinski definition) is 0. The molecule has 2 aliphatic rings. The molecule has 1 saturated heterocycles.